The third-order valence-electron chi connectivity index (χ3n) is 6.55. The highest BCUT2D eigenvalue weighted by atomic mass is 14.2. The van der Waals surface area contributed by atoms with E-state index < -0.39 is 0 Å². The lowest BCUT2D eigenvalue weighted by molar-refractivity contribution is 0.590. The van der Waals surface area contributed by atoms with Gasteiger partial charge < -0.3 is 0 Å². The molecule has 0 unspecified atom stereocenters. The number of hydrogen-bond donors (Lipinski definition) is 0. The number of benzene rings is 6. The summed E-state index contributed by atoms with van der Waals surface area (Å²) in [7, 11) is 0. The summed E-state index contributed by atoms with van der Waals surface area (Å²) in [5.74, 6) is 0. The second kappa shape index (κ2) is 6.06. The van der Waals surface area contributed by atoms with Gasteiger partial charge in [0.15, 0.2) is 0 Å². The average molecular weight is 385 g/mol. The smallest absolute Gasteiger partial charge is 0.00199 e. The van der Waals surface area contributed by atoms with Crippen LogP contribution in [-0.2, 0) is 5.41 Å². The molecule has 30 heavy (non-hydrogen) atoms. The first-order valence-corrected chi connectivity index (χ1v) is 10.7. The summed E-state index contributed by atoms with van der Waals surface area (Å²) in [5.41, 5.74) is 4.13. The Labute approximate surface area is 177 Å². The van der Waals surface area contributed by atoms with E-state index in [-0.39, 0.29) is 5.41 Å². The van der Waals surface area contributed by atoms with Crippen LogP contribution in [0.5, 0.6) is 0 Å². The van der Waals surface area contributed by atoms with E-state index in [0.29, 0.717) is 0 Å². The van der Waals surface area contributed by atoms with Crippen molar-refractivity contribution in [3.05, 3.63) is 96.6 Å². The fourth-order valence-electron chi connectivity index (χ4n) is 4.97. The Morgan fingerprint density at radius 2 is 1.20 bits per heavy atom. The predicted octanol–water partition coefficient (Wildman–Crippen LogP) is 8.70. The fourth-order valence-corrected chi connectivity index (χ4v) is 4.97. The zero-order valence-corrected chi connectivity index (χ0v) is 17.7. The van der Waals surface area contributed by atoms with Gasteiger partial charge in [0.2, 0.25) is 0 Å². The molecule has 0 aliphatic carbocycles. The van der Waals surface area contributed by atoms with Gasteiger partial charge in [-0.2, -0.15) is 0 Å². The standard InChI is InChI=1S/C30H24/c1-30(2,3)23-14-11-19(12-15-23)27-18-22-17-21-7-4-5-9-24(21)26-16-13-20-8-6-10-25(27)28(20)29(22)26/h4-18H,1-3H3. The molecule has 0 heteroatoms. The summed E-state index contributed by atoms with van der Waals surface area (Å²) in [6.07, 6.45) is 0. The van der Waals surface area contributed by atoms with Gasteiger partial charge in [-0.3, -0.25) is 0 Å². The number of hydrogen-bond acceptors (Lipinski definition) is 0. The quantitative estimate of drug-likeness (QED) is 0.196. The van der Waals surface area contributed by atoms with Crippen LogP contribution in [0.25, 0.3) is 54.2 Å². The Hall–Kier alpha value is -3.38. The van der Waals surface area contributed by atoms with Crippen LogP contribution in [0.15, 0.2) is 91.0 Å². The topological polar surface area (TPSA) is 0 Å². The predicted molar refractivity (Wildman–Crippen MR) is 132 cm³/mol. The zero-order chi connectivity index (χ0) is 20.5. The van der Waals surface area contributed by atoms with Crippen LogP contribution in [0, 0.1) is 0 Å². The van der Waals surface area contributed by atoms with Crippen LogP contribution in [0.3, 0.4) is 0 Å². The average Bonchev–Trinajstić information content (AvgIpc) is 2.76. The monoisotopic (exact) mass is 384 g/mol. The van der Waals surface area contributed by atoms with Gasteiger partial charge in [0.05, 0.1) is 0 Å². The highest BCUT2D eigenvalue weighted by Crippen LogP contribution is 2.42. The Bertz CT molecular complexity index is 1540. The van der Waals surface area contributed by atoms with Crippen LogP contribution >= 0.6 is 0 Å². The minimum atomic E-state index is 0.163. The van der Waals surface area contributed by atoms with Gasteiger partial charge in [0, 0.05) is 0 Å². The largest absolute Gasteiger partial charge is 0.0616 e. The number of fused-ring (bicyclic) bond motifs is 2. The lowest BCUT2D eigenvalue weighted by Crippen LogP contribution is -2.10. The minimum Gasteiger partial charge on any atom is -0.0616 e. The molecule has 0 atom stereocenters. The number of rotatable bonds is 1. The molecule has 0 bridgehead atoms. The van der Waals surface area contributed by atoms with E-state index in [2.05, 4.69) is 112 Å². The van der Waals surface area contributed by atoms with Gasteiger partial charge in [-0.15, -0.1) is 0 Å². The summed E-state index contributed by atoms with van der Waals surface area (Å²) in [5, 5.41) is 10.7. The van der Waals surface area contributed by atoms with Crippen LogP contribution in [-0.4, -0.2) is 0 Å². The molecule has 144 valence electrons. The molecule has 6 rings (SSSR count). The third-order valence-corrected chi connectivity index (χ3v) is 6.55. The van der Waals surface area contributed by atoms with Crippen molar-refractivity contribution in [2.24, 2.45) is 0 Å². The molecule has 6 aromatic carbocycles. The van der Waals surface area contributed by atoms with Crippen molar-refractivity contribution in [1.29, 1.82) is 0 Å². The molecule has 6 aromatic rings. The third kappa shape index (κ3) is 2.47. The zero-order valence-electron chi connectivity index (χ0n) is 17.7. The van der Waals surface area contributed by atoms with E-state index in [4.69, 9.17) is 0 Å². The van der Waals surface area contributed by atoms with Crippen molar-refractivity contribution in [2.75, 3.05) is 0 Å². The van der Waals surface area contributed by atoms with Gasteiger partial charge in [0.1, 0.15) is 0 Å². The first-order chi connectivity index (χ1) is 14.5. The van der Waals surface area contributed by atoms with Crippen LogP contribution in [0.4, 0.5) is 0 Å². The van der Waals surface area contributed by atoms with Gasteiger partial charge in [-0.25, -0.2) is 0 Å². The van der Waals surface area contributed by atoms with Crippen LogP contribution in [0.1, 0.15) is 26.3 Å². The summed E-state index contributed by atoms with van der Waals surface area (Å²) in [4.78, 5) is 0. The molecule has 0 aliphatic heterocycles. The van der Waals surface area contributed by atoms with Crippen molar-refractivity contribution in [1.82, 2.24) is 0 Å². The lowest BCUT2D eigenvalue weighted by Gasteiger charge is -2.20. The molecule has 0 aliphatic rings. The van der Waals surface area contributed by atoms with Crippen molar-refractivity contribution in [2.45, 2.75) is 26.2 Å². The molecule has 0 heterocycles. The minimum absolute atomic E-state index is 0.163. The molecular formula is C30H24. The summed E-state index contributed by atoms with van der Waals surface area (Å²) < 4.78 is 0. The summed E-state index contributed by atoms with van der Waals surface area (Å²) >= 11 is 0. The molecule has 0 fully saturated rings. The molecular weight excluding hydrogens is 360 g/mol. The highest BCUT2D eigenvalue weighted by molar-refractivity contribution is 6.31. The maximum Gasteiger partial charge on any atom is -0.00199 e. The van der Waals surface area contributed by atoms with Crippen molar-refractivity contribution >= 4 is 43.1 Å². The molecule has 0 nitrogen and oxygen atoms in total. The Kier molecular flexibility index (Phi) is 3.53. The molecule has 0 N–H and O–H groups in total. The first kappa shape index (κ1) is 17.5. The Morgan fingerprint density at radius 1 is 0.500 bits per heavy atom. The summed E-state index contributed by atoms with van der Waals surface area (Å²) in [6.45, 7) is 6.81. The molecule has 0 radical (unpaired) electrons. The van der Waals surface area contributed by atoms with E-state index in [1.54, 1.807) is 0 Å². The van der Waals surface area contributed by atoms with Crippen LogP contribution < -0.4 is 0 Å². The SMILES string of the molecule is CC(C)(C)c1ccc(-c2cc3cc4ccccc4c4ccc5cccc2c5c34)cc1. The van der Waals surface area contributed by atoms with Crippen molar-refractivity contribution < 1.29 is 0 Å². The van der Waals surface area contributed by atoms with E-state index in [0.717, 1.165) is 0 Å². The normalized spacial score (nSPS) is 12.5. The van der Waals surface area contributed by atoms with Gasteiger partial charge >= 0.3 is 0 Å². The first-order valence-electron chi connectivity index (χ1n) is 10.7. The van der Waals surface area contributed by atoms with Crippen molar-refractivity contribution in [3.8, 4) is 11.1 Å². The van der Waals surface area contributed by atoms with E-state index in [1.165, 1.54) is 59.8 Å². The van der Waals surface area contributed by atoms with Crippen LogP contribution in [0.2, 0.25) is 0 Å². The molecule has 0 saturated heterocycles. The van der Waals surface area contributed by atoms with Gasteiger partial charge in [-0.1, -0.05) is 99.6 Å². The molecule has 0 amide bonds. The second-order valence-corrected chi connectivity index (χ2v) is 9.46. The highest BCUT2D eigenvalue weighted by Gasteiger charge is 2.16. The molecule has 0 spiro atoms. The maximum atomic E-state index is 2.39. The van der Waals surface area contributed by atoms with Gasteiger partial charge in [-0.05, 0) is 77.3 Å². The summed E-state index contributed by atoms with van der Waals surface area (Å²) in [6, 6.07) is 33.9. The van der Waals surface area contributed by atoms with Crippen molar-refractivity contribution in [3.63, 3.8) is 0 Å². The molecule has 0 aromatic heterocycles. The second-order valence-electron chi connectivity index (χ2n) is 9.46. The maximum absolute atomic E-state index is 2.39. The van der Waals surface area contributed by atoms with E-state index >= 15 is 0 Å². The van der Waals surface area contributed by atoms with E-state index in [1.807, 2.05) is 0 Å². The Morgan fingerprint density at radius 3 is 2.00 bits per heavy atom. The van der Waals surface area contributed by atoms with E-state index in [9.17, 15) is 0 Å². The lowest BCUT2D eigenvalue weighted by atomic mass is 9.84. The fraction of sp³-hybridized carbons (Fsp3) is 0.133. The van der Waals surface area contributed by atoms with Gasteiger partial charge in [0.25, 0.3) is 0 Å². The molecule has 0 saturated carbocycles. The Balaban J connectivity index is 1.74.